The topological polar surface area (TPSA) is 90.1 Å². The van der Waals surface area contributed by atoms with Crippen LogP contribution in [0.1, 0.15) is 27.2 Å². The summed E-state index contributed by atoms with van der Waals surface area (Å²) in [5.74, 6) is 0.288. The Morgan fingerprint density at radius 1 is 1.13 bits per heavy atom. The number of nitrogens with zero attached hydrogens (tertiary/aromatic N) is 1. The third-order valence-corrected chi connectivity index (χ3v) is 4.88. The molecule has 0 saturated carbocycles. The Morgan fingerprint density at radius 3 is 2.57 bits per heavy atom. The first-order valence-corrected chi connectivity index (χ1v) is 10.1. The number of halogens is 1. The molecule has 0 aliphatic carbocycles. The number of para-hydroxylation sites is 1. The van der Waals surface area contributed by atoms with Gasteiger partial charge in [0.05, 0.1) is 16.0 Å². The monoisotopic (exact) mass is 518 g/mol. The molecule has 1 amide bonds. The fraction of sp³-hybridized carbons (Fsp3) is 0.136. The molecule has 3 rings (SSSR count). The van der Waals surface area contributed by atoms with Gasteiger partial charge in [0.2, 0.25) is 5.76 Å². The molecule has 0 unspecified atom stereocenters. The second kappa shape index (κ2) is 10.1. The Bertz CT molecular complexity index is 1060. The standard InChI is InChI=1S/C22H19IN2O5/c1-14-5-3-6-15(2)21(14)29-13-20(26)25-24-12-16-8-9-18(17(23)11-16)30-22(27)19-7-4-10-28-19/h3-12H,13H2,1-2H3,(H,25,26)/b24-12+. The molecule has 0 spiro atoms. The number of hydrogen-bond acceptors (Lipinski definition) is 6. The number of benzene rings is 2. The van der Waals surface area contributed by atoms with E-state index in [0.717, 1.165) is 16.7 Å². The van der Waals surface area contributed by atoms with Gasteiger partial charge in [0.1, 0.15) is 11.5 Å². The summed E-state index contributed by atoms with van der Waals surface area (Å²) in [5.41, 5.74) is 5.09. The molecule has 0 aliphatic heterocycles. The maximum Gasteiger partial charge on any atom is 0.379 e. The van der Waals surface area contributed by atoms with Crippen molar-refractivity contribution in [1.82, 2.24) is 5.43 Å². The average molecular weight is 518 g/mol. The summed E-state index contributed by atoms with van der Waals surface area (Å²) in [6, 6.07) is 14.1. The molecule has 0 atom stereocenters. The van der Waals surface area contributed by atoms with Crippen LogP contribution in [0.3, 0.4) is 0 Å². The summed E-state index contributed by atoms with van der Waals surface area (Å²) in [5, 5.41) is 3.94. The molecule has 0 fully saturated rings. The van der Waals surface area contributed by atoms with Gasteiger partial charge in [-0.15, -0.1) is 0 Å². The Labute approximate surface area is 187 Å². The van der Waals surface area contributed by atoms with Crippen LogP contribution in [0.15, 0.2) is 64.3 Å². The molecule has 154 valence electrons. The number of esters is 1. The van der Waals surface area contributed by atoms with Crippen molar-refractivity contribution in [2.45, 2.75) is 13.8 Å². The number of carbonyl (C=O) groups is 2. The van der Waals surface area contributed by atoms with Crippen LogP contribution in [0.25, 0.3) is 0 Å². The van der Waals surface area contributed by atoms with Crippen LogP contribution >= 0.6 is 22.6 Å². The van der Waals surface area contributed by atoms with Gasteiger partial charge in [-0.05, 0) is 83.5 Å². The number of ether oxygens (including phenoxy) is 2. The average Bonchev–Trinajstić information content (AvgIpc) is 3.24. The van der Waals surface area contributed by atoms with Crippen LogP contribution in [0.5, 0.6) is 11.5 Å². The van der Waals surface area contributed by atoms with E-state index in [0.29, 0.717) is 15.1 Å². The second-order valence-corrected chi connectivity index (χ2v) is 7.52. The van der Waals surface area contributed by atoms with Crippen molar-refractivity contribution >= 4 is 40.7 Å². The Hall–Kier alpha value is -3.14. The predicted molar refractivity (Wildman–Crippen MR) is 120 cm³/mol. The van der Waals surface area contributed by atoms with E-state index in [1.807, 2.05) is 32.0 Å². The molecular weight excluding hydrogens is 499 g/mol. The van der Waals surface area contributed by atoms with E-state index in [1.54, 1.807) is 24.3 Å². The van der Waals surface area contributed by atoms with Gasteiger partial charge in [-0.25, -0.2) is 10.2 Å². The third kappa shape index (κ3) is 5.69. The molecule has 1 aromatic heterocycles. The highest BCUT2D eigenvalue weighted by Gasteiger charge is 2.13. The Kier molecular flexibility index (Phi) is 7.23. The highest BCUT2D eigenvalue weighted by Crippen LogP contribution is 2.23. The van der Waals surface area contributed by atoms with E-state index < -0.39 is 5.97 Å². The van der Waals surface area contributed by atoms with Crippen LogP contribution in [0.2, 0.25) is 0 Å². The second-order valence-electron chi connectivity index (χ2n) is 6.36. The fourth-order valence-corrected chi connectivity index (χ4v) is 3.25. The zero-order valence-electron chi connectivity index (χ0n) is 16.3. The summed E-state index contributed by atoms with van der Waals surface area (Å²) >= 11 is 2.05. The molecule has 8 heteroatoms. The lowest BCUT2D eigenvalue weighted by Gasteiger charge is -2.10. The van der Waals surface area contributed by atoms with Gasteiger partial charge in [-0.2, -0.15) is 5.10 Å². The summed E-state index contributed by atoms with van der Waals surface area (Å²) < 4.78 is 16.6. The van der Waals surface area contributed by atoms with Crippen molar-refractivity contribution in [3.05, 3.63) is 80.8 Å². The number of furan rings is 1. The van der Waals surface area contributed by atoms with Crippen molar-refractivity contribution in [1.29, 1.82) is 0 Å². The van der Waals surface area contributed by atoms with Gasteiger partial charge >= 0.3 is 5.97 Å². The fourth-order valence-electron chi connectivity index (χ4n) is 2.60. The van der Waals surface area contributed by atoms with Crippen LogP contribution in [-0.4, -0.2) is 24.7 Å². The smallest absolute Gasteiger partial charge is 0.379 e. The van der Waals surface area contributed by atoms with Crippen molar-refractivity contribution in [2.75, 3.05) is 6.61 Å². The van der Waals surface area contributed by atoms with Crippen molar-refractivity contribution in [3.8, 4) is 11.5 Å². The molecule has 0 radical (unpaired) electrons. The van der Waals surface area contributed by atoms with Gasteiger partial charge < -0.3 is 13.9 Å². The highest BCUT2D eigenvalue weighted by atomic mass is 127. The summed E-state index contributed by atoms with van der Waals surface area (Å²) in [6.45, 7) is 3.72. The minimum Gasteiger partial charge on any atom is -0.483 e. The molecule has 3 aromatic rings. The lowest BCUT2D eigenvalue weighted by atomic mass is 10.1. The largest absolute Gasteiger partial charge is 0.483 e. The molecule has 2 aromatic carbocycles. The summed E-state index contributed by atoms with van der Waals surface area (Å²) in [6.07, 6.45) is 2.90. The van der Waals surface area contributed by atoms with Crippen LogP contribution in [0, 0.1) is 17.4 Å². The molecular formula is C22H19IN2O5. The van der Waals surface area contributed by atoms with Gasteiger partial charge in [-0.3, -0.25) is 4.79 Å². The Balaban J connectivity index is 1.52. The lowest BCUT2D eigenvalue weighted by molar-refractivity contribution is -0.123. The minimum atomic E-state index is -0.574. The molecule has 0 bridgehead atoms. The molecule has 30 heavy (non-hydrogen) atoms. The Morgan fingerprint density at radius 2 is 1.90 bits per heavy atom. The molecule has 1 heterocycles. The quantitative estimate of drug-likeness (QED) is 0.166. The number of hydrogen-bond donors (Lipinski definition) is 1. The van der Waals surface area contributed by atoms with E-state index in [-0.39, 0.29) is 18.3 Å². The number of nitrogens with one attached hydrogen (secondary N) is 1. The van der Waals surface area contributed by atoms with Gasteiger partial charge in [0, 0.05) is 0 Å². The van der Waals surface area contributed by atoms with Crippen molar-refractivity contribution < 1.29 is 23.5 Å². The number of amides is 1. The molecule has 1 N–H and O–H groups in total. The lowest BCUT2D eigenvalue weighted by Crippen LogP contribution is -2.25. The maximum absolute atomic E-state index is 12.0. The summed E-state index contributed by atoms with van der Waals surface area (Å²) in [7, 11) is 0. The van der Waals surface area contributed by atoms with E-state index in [9.17, 15) is 9.59 Å². The normalized spacial score (nSPS) is 10.8. The zero-order chi connectivity index (χ0) is 21.5. The van der Waals surface area contributed by atoms with Crippen molar-refractivity contribution in [2.24, 2.45) is 5.10 Å². The zero-order valence-corrected chi connectivity index (χ0v) is 18.5. The van der Waals surface area contributed by atoms with Gasteiger partial charge in [-0.1, -0.05) is 18.2 Å². The first-order chi connectivity index (χ1) is 14.4. The van der Waals surface area contributed by atoms with E-state index in [2.05, 4.69) is 33.1 Å². The van der Waals surface area contributed by atoms with Gasteiger partial charge in [0.25, 0.3) is 5.91 Å². The van der Waals surface area contributed by atoms with E-state index in [1.165, 1.54) is 18.5 Å². The van der Waals surface area contributed by atoms with Crippen LogP contribution in [-0.2, 0) is 4.79 Å². The number of aryl methyl sites for hydroxylation is 2. The first kappa shape index (κ1) is 21.6. The van der Waals surface area contributed by atoms with Crippen molar-refractivity contribution in [3.63, 3.8) is 0 Å². The number of hydrazone groups is 1. The van der Waals surface area contributed by atoms with Crippen LogP contribution in [0.4, 0.5) is 0 Å². The van der Waals surface area contributed by atoms with Gasteiger partial charge in [0.15, 0.2) is 6.61 Å². The number of rotatable bonds is 7. The van der Waals surface area contributed by atoms with E-state index >= 15 is 0 Å². The number of carbonyl (C=O) groups excluding carboxylic acids is 2. The first-order valence-electron chi connectivity index (χ1n) is 9.00. The highest BCUT2D eigenvalue weighted by molar-refractivity contribution is 14.1. The predicted octanol–water partition coefficient (Wildman–Crippen LogP) is 4.25. The molecule has 0 saturated heterocycles. The maximum atomic E-state index is 12.0. The summed E-state index contributed by atoms with van der Waals surface area (Å²) in [4.78, 5) is 23.9. The molecule has 7 nitrogen and oxygen atoms in total. The van der Waals surface area contributed by atoms with Crippen LogP contribution < -0.4 is 14.9 Å². The SMILES string of the molecule is Cc1cccc(C)c1OCC(=O)N/N=C/c1ccc(OC(=O)c2ccco2)c(I)c1. The van der Waals surface area contributed by atoms with E-state index in [4.69, 9.17) is 13.9 Å². The molecule has 0 aliphatic rings. The minimum absolute atomic E-state index is 0.127. The third-order valence-electron chi connectivity index (χ3n) is 4.04.